The molecule has 5 nitrogen and oxygen atoms in total. The molecule has 2 aromatic heterocycles. The SMILES string of the molecule is Cc1c(-c2nc(C(C)(C)C(=O)O)cs2)cnn1C. The molecule has 0 aliphatic carbocycles. The van der Waals surface area contributed by atoms with Crippen molar-refractivity contribution >= 4 is 17.3 Å². The van der Waals surface area contributed by atoms with Crippen LogP contribution in [-0.4, -0.2) is 25.8 Å². The Balaban J connectivity index is 2.43. The molecule has 0 saturated carbocycles. The molecule has 0 unspecified atom stereocenters. The van der Waals surface area contributed by atoms with Crippen molar-refractivity contribution in [3.8, 4) is 10.6 Å². The maximum Gasteiger partial charge on any atom is 0.315 e. The number of hydrogen-bond donors (Lipinski definition) is 1. The fourth-order valence-corrected chi connectivity index (χ4v) is 2.55. The summed E-state index contributed by atoms with van der Waals surface area (Å²) >= 11 is 1.45. The molecule has 0 amide bonds. The van der Waals surface area contributed by atoms with E-state index in [0.29, 0.717) is 5.69 Å². The van der Waals surface area contributed by atoms with Crippen LogP contribution in [0.15, 0.2) is 11.6 Å². The van der Waals surface area contributed by atoms with Crippen LogP contribution < -0.4 is 0 Å². The van der Waals surface area contributed by atoms with Gasteiger partial charge in [0, 0.05) is 18.1 Å². The zero-order valence-electron chi connectivity index (χ0n) is 10.8. The van der Waals surface area contributed by atoms with Crippen LogP contribution in [0.5, 0.6) is 0 Å². The van der Waals surface area contributed by atoms with Crippen molar-refractivity contribution < 1.29 is 9.90 Å². The molecule has 2 heterocycles. The molecule has 0 fully saturated rings. The summed E-state index contributed by atoms with van der Waals surface area (Å²) in [6, 6.07) is 0. The summed E-state index contributed by atoms with van der Waals surface area (Å²) in [5.41, 5.74) is 1.59. The third-order valence-electron chi connectivity index (χ3n) is 3.14. The minimum Gasteiger partial charge on any atom is -0.481 e. The molecule has 6 heteroatoms. The molecule has 0 spiro atoms. The Hall–Kier alpha value is -1.69. The number of rotatable bonds is 3. The largest absolute Gasteiger partial charge is 0.481 e. The summed E-state index contributed by atoms with van der Waals surface area (Å²) < 4.78 is 1.78. The second-order valence-corrected chi connectivity index (χ2v) is 5.59. The third kappa shape index (κ3) is 1.92. The summed E-state index contributed by atoms with van der Waals surface area (Å²) in [6.45, 7) is 5.28. The van der Waals surface area contributed by atoms with Crippen LogP contribution in [0.3, 0.4) is 0 Å². The number of aromatic nitrogens is 3. The van der Waals surface area contributed by atoms with Crippen LogP contribution in [0.25, 0.3) is 10.6 Å². The molecule has 18 heavy (non-hydrogen) atoms. The Morgan fingerprint density at radius 1 is 1.50 bits per heavy atom. The molecular formula is C12H15N3O2S. The van der Waals surface area contributed by atoms with Gasteiger partial charge in [0.2, 0.25) is 0 Å². The van der Waals surface area contributed by atoms with Crippen molar-refractivity contribution in [1.82, 2.24) is 14.8 Å². The van der Waals surface area contributed by atoms with Crippen molar-refractivity contribution in [2.24, 2.45) is 7.05 Å². The maximum atomic E-state index is 11.2. The van der Waals surface area contributed by atoms with Gasteiger partial charge in [-0.15, -0.1) is 11.3 Å². The van der Waals surface area contributed by atoms with Gasteiger partial charge in [-0.25, -0.2) is 4.98 Å². The second kappa shape index (κ2) is 4.20. The first-order valence-electron chi connectivity index (χ1n) is 5.52. The normalized spacial score (nSPS) is 11.8. The van der Waals surface area contributed by atoms with Gasteiger partial charge >= 0.3 is 5.97 Å². The van der Waals surface area contributed by atoms with Gasteiger partial charge in [0.1, 0.15) is 10.4 Å². The van der Waals surface area contributed by atoms with Crippen molar-refractivity contribution in [3.63, 3.8) is 0 Å². The number of aryl methyl sites for hydroxylation is 1. The Labute approximate surface area is 109 Å². The number of aliphatic carboxylic acids is 1. The number of thiazole rings is 1. The highest BCUT2D eigenvalue weighted by molar-refractivity contribution is 7.13. The Bertz CT molecular complexity index is 598. The molecular weight excluding hydrogens is 250 g/mol. The number of carboxylic acids is 1. The molecule has 2 rings (SSSR count). The smallest absolute Gasteiger partial charge is 0.315 e. The van der Waals surface area contributed by atoms with Gasteiger partial charge in [0.05, 0.1) is 17.5 Å². The monoisotopic (exact) mass is 265 g/mol. The van der Waals surface area contributed by atoms with Crippen molar-refractivity contribution in [3.05, 3.63) is 23.0 Å². The molecule has 0 radical (unpaired) electrons. The molecule has 2 aromatic rings. The van der Waals surface area contributed by atoms with Crippen LogP contribution in [-0.2, 0) is 17.3 Å². The lowest BCUT2D eigenvalue weighted by Crippen LogP contribution is -2.28. The molecule has 0 aromatic carbocycles. The van der Waals surface area contributed by atoms with Crippen molar-refractivity contribution in [2.45, 2.75) is 26.2 Å². The number of carboxylic acid groups (broad SMARTS) is 1. The average molecular weight is 265 g/mol. The summed E-state index contributed by atoms with van der Waals surface area (Å²) in [6.07, 6.45) is 1.76. The number of carbonyl (C=O) groups is 1. The van der Waals surface area contributed by atoms with Gasteiger partial charge in [0.25, 0.3) is 0 Å². The van der Waals surface area contributed by atoms with Crippen LogP contribution in [0.2, 0.25) is 0 Å². The fraction of sp³-hybridized carbons (Fsp3) is 0.417. The first-order chi connectivity index (χ1) is 8.34. The highest BCUT2D eigenvalue weighted by Crippen LogP contribution is 2.31. The van der Waals surface area contributed by atoms with E-state index in [4.69, 9.17) is 0 Å². The second-order valence-electron chi connectivity index (χ2n) is 4.74. The lowest BCUT2D eigenvalue weighted by atomic mass is 9.90. The van der Waals surface area contributed by atoms with Gasteiger partial charge in [0.15, 0.2) is 0 Å². The van der Waals surface area contributed by atoms with Gasteiger partial charge in [-0.2, -0.15) is 5.10 Å². The summed E-state index contributed by atoms with van der Waals surface area (Å²) in [5, 5.41) is 16.0. The molecule has 0 atom stereocenters. The highest BCUT2D eigenvalue weighted by Gasteiger charge is 2.32. The van der Waals surface area contributed by atoms with E-state index in [2.05, 4.69) is 10.1 Å². The number of nitrogens with zero attached hydrogens (tertiary/aromatic N) is 3. The Kier molecular flexibility index (Phi) is 2.98. The van der Waals surface area contributed by atoms with E-state index in [0.717, 1.165) is 16.3 Å². The lowest BCUT2D eigenvalue weighted by Gasteiger charge is -2.15. The van der Waals surface area contributed by atoms with E-state index in [-0.39, 0.29) is 0 Å². The van der Waals surface area contributed by atoms with Gasteiger partial charge in [-0.1, -0.05) is 0 Å². The first kappa shape index (κ1) is 12.8. The molecule has 0 bridgehead atoms. The van der Waals surface area contributed by atoms with Crippen LogP contribution in [0, 0.1) is 6.92 Å². The van der Waals surface area contributed by atoms with Gasteiger partial charge in [-0.05, 0) is 20.8 Å². The Morgan fingerprint density at radius 2 is 2.17 bits per heavy atom. The van der Waals surface area contributed by atoms with E-state index in [1.165, 1.54) is 11.3 Å². The standard InChI is InChI=1S/C12H15N3O2S/c1-7-8(5-13-15(7)4)10-14-9(6-18-10)12(2,3)11(16)17/h5-6H,1-4H3,(H,16,17). The lowest BCUT2D eigenvalue weighted by molar-refractivity contribution is -0.142. The Morgan fingerprint density at radius 3 is 2.67 bits per heavy atom. The molecule has 0 saturated heterocycles. The van der Waals surface area contributed by atoms with Crippen LogP contribution >= 0.6 is 11.3 Å². The van der Waals surface area contributed by atoms with E-state index in [9.17, 15) is 9.90 Å². The molecule has 96 valence electrons. The predicted molar refractivity (Wildman–Crippen MR) is 69.7 cm³/mol. The zero-order chi connectivity index (χ0) is 13.5. The number of hydrogen-bond acceptors (Lipinski definition) is 4. The van der Waals surface area contributed by atoms with E-state index in [1.54, 1.807) is 30.1 Å². The summed E-state index contributed by atoms with van der Waals surface area (Å²) in [5.74, 6) is -0.873. The van der Waals surface area contributed by atoms with E-state index >= 15 is 0 Å². The fourth-order valence-electron chi connectivity index (χ4n) is 1.50. The highest BCUT2D eigenvalue weighted by atomic mass is 32.1. The summed E-state index contributed by atoms with van der Waals surface area (Å²) in [4.78, 5) is 15.6. The molecule has 0 aliphatic heterocycles. The first-order valence-corrected chi connectivity index (χ1v) is 6.40. The molecule has 0 aliphatic rings. The minimum absolute atomic E-state index is 0.582. The quantitative estimate of drug-likeness (QED) is 0.924. The maximum absolute atomic E-state index is 11.2. The average Bonchev–Trinajstić information content (AvgIpc) is 2.88. The van der Waals surface area contributed by atoms with Gasteiger partial charge in [-0.3, -0.25) is 9.48 Å². The van der Waals surface area contributed by atoms with Crippen molar-refractivity contribution in [2.75, 3.05) is 0 Å². The molecule has 1 N–H and O–H groups in total. The van der Waals surface area contributed by atoms with E-state index in [1.807, 2.05) is 14.0 Å². The zero-order valence-corrected chi connectivity index (χ0v) is 11.6. The van der Waals surface area contributed by atoms with Crippen LogP contribution in [0.4, 0.5) is 0 Å². The summed E-state index contributed by atoms with van der Waals surface area (Å²) in [7, 11) is 1.87. The topological polar surface area (TPSA) is 68.0 Å². The van der Waals surface area contributed by atoms with Crippen LogP contribution in [0.1, 0.15) is 25.2 Å². The predicted octanol–water partition coefficient (Wildman–Crippen LogP) is 2.21. The van der Waals surface area contributed by atoms with Gasteiger partial charge < -0.3 is 5.11 Å². The minimum atomic E-state index is -0.967. The van der Waals surface area contributed by atoms with Crippen molar-refractivity contribution in [1.29, 1.82) is 0 Å². The van der Waals surface area contributed by atoms with E-state index < -0.39 is 11.4 Å². The third-order valence-corrected chi connectivity index (χ3v) is 4.02.